The molecule has 7 rings (SSSR count). The second-order valence-electron chi connectivity index (χ2n) is 16.8. The van der Waals surface area contributed by atoms with E-state index in [0.717, 1.165) is 90.6 Å². The molecule has 320 valence electrons. The average Bonchev–Trinajstić information content (AvgIpc) is 3.26. The summed E-state index contributed by atoms with van der Waals surface area (Å²) >= 11 is 0. The summed E-state index contributed by atoms with van der Waals surface area (Å²) in [7, 11) is 1.54. The molecule has 2 aromatic carbocycles. The zero-order chi connectivity index (χ0) is 41.3. The largest absolute Gasteiger partial charge is 0.493 e. The van der Waals surface area contributed by atoms with Gasteiger partial charge < -0.3 is 44.6 Å². The molecule has 4 aliphatic heterocycles. The molecule has 3 aromatic rings. The van der Waals surface area contributed by atoms with Crippen LogP contribution in [0.15, 0.2) is 35.1 Å². The number of aromatic amines is 1. The Balaban J connectivity index is 0.817. The number of piperidine rings is 3. The van der Waals surface area contributed by atoms with E-state index in [2.05, 4.69) is 25.5 Å². The van der Waals surface area contributed by atoms with Crippen molar-refractivity contribution in [1.82, 2.24) is 25.1 Å². The highest BCUT2D eigenvalue weighted by molar-refractivity contribution is 5.80. The Kier molecular flexibility index (Phi) is 14.5. The van der Waals surface area contributed by atoms with Crippen LogP contribution in [-0.2, 0) is 25.5 Å². The van der Waals surface area contributed by atoms with Crippen LogP contribution in [0.4, 0.5) is 20.2 Å². The summed E-state index contributed by atoms with van der Waals surface area (Å²) in [6.45, 7) is 6.56. The molecule has 1 aromatic heterocycles. The Morgan fingerprint density at radius 1 is 0.949 bits per heavy atom. The molecule has 2 amide bonds. The second kappa shape index (κ2) is 20.1. The predicted octanol–water partition coefficient (Wildman–Crippen LogP) is 5.06. The molecule has 0 radical (unpaired) electrons. The zero-order valence-corrected chi connectivity index (χ0v) is 34.2. The molecular formula is C44H59F2N7O6. The molecule has 4 aliphatic rings. The van der Waals surface area contributed by atoms with Crippen LogP contribution >= 0.6 is 0 Å². The number of rotatable bonds is 15. The number of amides is 2. The fraction of sp³-hybridized carbons (Fsp3) is 0.614. The fourth-order valence-corrected chi connectivity index (χ4v) is 9.25. The number of ether oxygens (including phenoxy) is 2. The van der Waals surface area contributed by atoms with E-state index < -0.39 is 23.2 Å². The van der Waals surface area contributed by atoms with Crippen molar-refractivity contribution in [3.63, 3.8) is 0 Å². The summed E-state index contributed by atoms with van der Waals surface area (Å²) in [5, 5.41) is 5.50. The van der Waals surface area contributed by atoms with Gasteiger partial charge in [0.15, 0.2) is 0 Å². The van der Waals surface area contributed by atoms with Crippen molar-refractivity contribution in [3.05, 3.63) is 58.1 Å². The molecule has 4 fully saturated rings. The van der Waals surface area contributed by atoms with E-state index in [1.807, 2.05) is 9.80 Å². The molecule has 1 unspecified atom stereocenters. The first kappa shape index (κ1) is 42.5. The normalized spacial score (nSPS) is 19.8. The molecule has 13 nitrogen and oxygen atoms in total. The minimum Gasteiger partial charge on any atom is -0.493 e. The lowest BCUT2D eigenvalue weighted by atomic mass is 9.92. The van der Waals surface area contributed by atoms with Gasteiger partial charge >= 0.3 is 0 Å². The number of aryl methyl sites for hydroxylation is 1. The van der Waals surface area contributed by atoms with Crippen LogP contribution in [0.3, 0.4) is 0 Å². The number of carbonyl (C=O) groups is 3. The highest BCUT2D eigenvalue weighted by Gasteiger charge is 2.34. The van der Waals surface area contributed by atoms with E-state index in [4.69, 9.17) is 9.47 Å². The van der Waals surface area contributed by atoms with Crippen molar-refractivity contribution >= 4 is 40.4 Å². The van der Waals surface area contributed by atoms with Crippen LogP contribution in [0, 0.1) is 29.4 Å². The van der Waals surface area contributed by atoms with E-state index in [9.17, 15) is 19.2 Å². The summed E-state index contributed by atoms with van der Waals surface area (Å²) in [5.74, 6) is 0.793. The lowest BCUT2D eigenvalue weighted by Gasteiger charge is -2.43. The van der Waals surface area contributed by atoms with Crippen molar-refractivity contribution in [2.75, 3.05) is 76.4 Å². The first-order valence-corrected chi connectivity index (χ1v) is 21.6. The van der Waals surface area contributed by atoms with Gasteiger partial charge in [0.25, 0.3) is 5.56 Å². The molecule has 5 heterocycles. The summed E-state index contributed by atoms with van der Waals surface area (Å²) in [4.78, 5) is 63.3. The number of hydrogen-bond donors (Lipinski definition) is 3. The SMILES string of the molecule is CNC(=O)CCC(C=O)Nc1ccc(N2CCC(C(=O)N3CCC(N4CCC(COc5cc(F)c6c(=O)[nH]c(CCC7CCOCC7)nc6c5)CC4)CC3)CC2)c(F)c1. The lowest BCUT2D eigenvalue weighted by Crippen LogP contribution is -2.51. The number of benzene rings is 2. The molecule has 0 bridgehead atoms. The van der Waals surface area contributed by atoms with Gasteiger partial charge in [-0.25, -0.2) is 13.8 Å². The van der Waals surface area contributed by atoms with E-state index in [1.54, 1.807) is 25.2 Å². The quantitative estimate of drug-likeness (QED) is 0.178. The van der Waals surface area contributed by atoms with Crippen molar-refractivity contribution < 1.29 is 32.6 Å². The van der Waals surface area contributed by atoms with Crippen molar-refractivity contribution in [3.8, 4) is 5.75 Å². The van der Waals surface area contributed by atoms with Crippen LogP contribution in [0.2, 0.25) is 0 Å². The number of halogens is 2. The number of H-pyrrole nitrogens is 1. The van der Waals surface area contributed by atoms with E-state index in [-0.39, 0.29) is 29.5 Å². The molecular weight excluding hydrogens is 761 g/mol. The Bertz CT molecular complexity index is 1970. The van der Waals surface area contributed by atoms with Gasteiger partial charge in [-0.2, -0.15) is 0 Å². The van der Waals surface area contributed by atoms with Crippen LogP contribution in [0.25, 0.3) is 10.9 Å². The number of fused-ring (bicyclic) bond motifs is 1. The fourth-order valence-electron chi connectivity index (χ4n) is 9.25. The maximum Gasteiger partial charge on any atom is 0.261 e. The summed E-state index contributed by atoms with van der Waals surface area (Å²) < 4.78 is 41.9. The minimum absolute atomic E-state index is 0.0354. The Morgan fingerprint density at radius 2 is 1.69 bits per heavy atom. The van der Waals surface area contributed by atoms with Crippen LogP contribution in [0.1, 0.15) is 76.5 Å². The third kappa shape index (κ3) is 11.0. The van der Waals surface area contributed by atoms with Crippen molar-refractivity contribution in [2.45, 2.75) is 89.1 Å². The number of aldehydes is 1. The van der Waals surface area contributed by atoms with E-state index in [1.165, 1.54) is 12.1 Å². The number of likely N-dealkylation sites (tertiary alicyclic amines) is 2. The molecule has 59 heavy (non-hydrogen) atoms. The third-order valence-electron chi connectivity index (χ3n) is 13.0. The third-order valence-corrected chi connectivity index (χ3v) is 13.0. The highest BCUT2D eigenvalue weighted by Crippen LogP contribution is 2.31. The van der Waals surface area contributed by atoms with Crippen molar-refractivity contribution in [1.29, 1.82) is 0 Å². The average molecular weight is 820 g/mol. The van der Waals surface area contributed by atoms with Gasteiger partial charge in [-0.3, -0.25) is 14.4 Å². The predicted molar refractivity (Wildman–Crippen MR) is 222 cm³/mol. The molecule has 0 saturated carbocycles. The molecule has 4 saturated heterocycles. The standard InChI is InChI=1S/C44H59F2N7O6/c1-47-41(55)7-4-33(27-54)48-32-3-5-39(36(45)24-32)52-18-10-31(11-19-52)44(57)53-20-12-34(13-21-53)51-16-8-30(9-17-51)28-59-35-25-37(46)42-38(26-35)49-40(50-43(42)56)6-2-29-14-22-58-23-15-29/h3,5,24-27,29-31,33-34,48H,2,4,6-23,28H2,1H3,(H,47,55)(H,49,50,56). The van der Waals surface area contributed by atoms with Gasteiger partial charge in [0.2, 0.25) is 11.8 Å². The Morgan fingerprint density at radius 3 is 2.39 bits per heavy atom. The van der Waals surface area contributed by atoms with Gasteiger partial charge in [0.05, 0.1) is 23.9 Å². The minimum atomic E-state index is -0.623. The number of hydrogen-bond acceptors (Lipinski definition) is 10. The second-order valence-corrected chi connectivity index (χ2v) is 16.8. The van der Waals surface area contributed by atoms with Gasteiger partial charge in [-0.15, -0.1) is 0 Å². The number of nitrogens with zero attached hydrogens (tertiary/aromatic N) is 4. The van der Waals surface area contributed by atoms with Crippen molar-refractivity contribution in [2.24, 2.45) is 17.8 Å². The maximum atomic E-state index is 15.2. The number of aromatic nitrogens is 2. The first-order valence-electron chi connectivity index (χ1n) is 21.6. The molecule has 0 spiro atoms. The van der Waals surface area contributed by atoms with Crippen LogP contribution in [0.5, 0.6) is 5.75 Å². The van der Waals surface area contributed by atoms with Gasteiger partial charge in [-0.1, -0.05) is 0 Å². The maximum absolute atomic E-state index is 15.2. The zero-order valence-electron chi connectivity index (χ0n) is 34.2. The Labute approximate surface area is 344 Å². The summed E-state index contributed by atoms with van der Waals surface area (Å²) in [6, 6.07) is 7.64. The summed E-state index contributed by atoms with van der Waals surface area (Å²) in [5.41, 5.74) is 0.824. The van der Waals surface area contributed by atoms with Crippen LogP contribution < -0.4 is 25.8 Å². The molecule has 15 heteroatoms. The lowest BCUT2D eigenvalue weighted by molar-refractivity contribution is -0.138. The van der Waals surface area contributed by atoms with Gasteiger partial charge in [0, 0.05) is 89.1 Å². The summed E-state index contributed by atoms with van der Waals surface area (Å²) in [6.07, 6.45) is 9.94. The van der Waals surface area contributed by atoms with Gasteiger partial charge in [-0.05, 0) is 107 Å². The highest BCUT2D eigenvalue weighted by atomic mass is 19.1. The number of anilines is 2. The van der Waals surface area contributed by atoms with E-state index >= 15 is 8.78 Å². The monoisotopic (exact) mass is 819 g/mol. The Hall–Kier alpha value is -4.63. The smallest absolute Gasteiger partial charge is 0.261 e. The number of carbonyl (C=O) groups excluding carboxylic acids is 3. The first-order chi connectivity index (χ1) is 28.7. The number of nitrogens with one attached hydrogen (secondary N) is 3. The molecule has 0 aliphatic carbocycles. The molecule has 1 atom stereocenters. The topological polar surface area (TPSA) is 149 Å². The van der Waals surface area contributed by atoms with Gasteiger partial charge in [0.1, 0.15) is 34.9 Å². The van der Waals surface area contributed by atoms with Crippen LogP contribution in [-0.4, -0.2) is 116 Å². The van der Waals surface area contributed by atoms with E-state index in [0.29, 0.717) is 91.7 Å². The molecule has 3 N–H and O–H groups in total.